The molecule has 3 aliphatic rings. The lowest BCUT2D eigenvalue weighted by molar-refractivity contribution is -0.124. The lowest BCUT2D eigenvalue weighted by Crippen LogP contribution is -2.40. The van der Waals surface area contributed by atoms with Crippen LogP contribution in [0.3, 0.4) is 0 Å². The second-order valence-electron chi connectivity index (χ2n) is 13.2. The molecule has 0 unspecified atom stereocenters. The van der Waals surface area contributed by atoms with Crippen LogP contribution in [0.4, 0.5) is 5.13 Å². The average molecular weight is 683 g/mol. The number of aryl methyl sites for hydroxylation is 1. The molecule has 3 aliphatic heterocycles. The molecule has 0 saturated carbocycles. The van der Waals surface area contributed by atoms with Gasteiger partial charge in [-0.05, 0) is 49.9 Å². The number of carbonyl (C=O) groups excluding carboxylic acids is 3. The van der Waals surface area contributed by atoms with Crippen molar-refractivity contribution in [2.45, 2.75) is 46.0 Å². The number of pyridine rings is 2. The maximum atomic E-state index is 14.0. The second-order valence-corrected chi connectivity index (χ2v) is 14.2. The molecule has 49 heavy (non-hydrogen) atoms. The molecule has 13 heteroatoms. The molecule has 7 rings (SSSR count). The van der Waals surface area contributed by atoms with Crippen LogP contribution in [0, 0.1) is 18.3 Å². The molecule has 3 aromatic heterocycles. The van der Waals surface area contributed by atoms with Crippen molar-refractivity contribution in [3.05, 3.63) is 75.9 Å². The van der Waals surface area contributed by atoms with Gasteiger partial charge in [0, 0.05) is 66.6 Å². The van der Waals surface area contributed by atoms with Crippen LogP contribution in [0.5, 0.6) is 11.8 Å². The molecule has 2 fully saturated rings. The van der Waals surface area contributed by atoms with Crippen molar-refractivity contribution in [2.75, 3.05) is 44.8 Å². The Morgan fingerprint density at radius 3 is 2.29 bits per heavy atom. The molecule has 0 aliphatic carbocycles. The number of hydrogen-bond acceptors (Lipinski definition) is 11. The standard InChI is InChI=1S/C36H38N6O6S/c1-21-4-9-25-29(36(2,3)34(45)39-35-41-40-32(49-35)28(43)20-22-12-16-46-17-13-22)26-10-11-27(38-31(26)48-30(25)37-21)23-5-7-24(8-6-23)33(44)42-14-18-47-19-15-42/h4-11,22,29H,12-20H2,1-3H3,(H,39,41,45)/t29-/m0/s1. The Morgan fingerprint density at radius 1 is 0.878 bits per heavy atom. The predicted molar refractivity (Wildman–Crippen MR) is 182 cm³/mol. The number of Topliss-reactive ketones (excluding diaryl/α,β-unsaturated/α-hetero) is 1. The van der Waals surface area contributed by atoms with Gasteiger partial charge in [-0.3, -0.25) is 14.4 Å². The van der Waals surface area contributed by atoms with E-state index in [9.17, 15) is 14.4 Å². The third-order valence-electron chi connectivity index (χ3n) is 9.47. The van der Waals surface area contributed by atoms with Crippen LogP contribution in [0.2, 0.25) is 0 Å². The fraction of sp³-hybridized carbons (Fsp3) is 0.417. The molecule has 254 valence electrons. The van der Waals surface area contributed by atoms with Gasteiger partial charge in [0.2, 0.25) is 22.8 Å². The first-order valence-electron chi connectivity index (χ1n) is 16.6. The first-order chi connectivity index (χ1) is 23.7. The molecule has 1 N–H and O–H groups in total. The molecular weight excluding hydrogens is 644 g/mol. The van der Waals surface area contributed by atoms with Gasteiger partial charge < -0.3 is 24.4 Å². The normalized spacial score (nSPS) is 17.9. The van der Waals surface area contributed by atoms with Crippen molar-refractivity contribution >= 4 is 34.1 Å². The number of nitrogens with zero attached hydrogens (tertiary/aromatic N) is 5. The molecule has 1 atom stereocenters. The number of anilines is 1. The van der Waals surface area contributed by atoms with Crippen LogP contribution in [0.1, 0.15) is 76.0 Å². The van der Waals surface area contributed by atoms with Crippen molar-refractivity contribution < 1.29 is 28.6 Å². The van der Waals surface area contributed by atoms with Crippen molar-refractivity contribution in [3.63, 3.8) is 0 Å². The summed E-state index contributed by atoms with van der Waals surface area (Å²) >= 11 is 1.09. The van der Waals surface area contributed by atoms with E-state index in [0.29, 0.717) is 69.0 Å². The number of amides is 2. The van der Waals surface area contributed by atoms with E-state index in [2.05, 4.69) is 20.5 Å². The van der Waals surface area contributed by atoms with Crippen molar-refractivity contribution in [1.29, 1.82) is 0 Å². The molecule has 12 nitrogen and oxygen atoms in total. The molecular formula is C36H38N6O6S. The zero-order valence-electron chi connectivity index (χ0n) is 27.7. The van der Waals surface area contributed by atoms with Gasteiger partial charge in [-0.1, -0.05) is 49.4 Å². The van der Waals surface area contributed by atoms with Gasteiger partial charge >= 0.3 is 0 Å². The van der Waals surface area contributed by atoms with E-state index in [1.165, 1.54) is 0 Å². The number of morpholine rings is 1. The highest BCUT2D eigenvalue weighted by Gasteiger charge is 2.45. The first kappa shape index (κ1) is 32.9. The van der Waals surface area contributed by atoms with Crippen LogP contribution >= 0.6 is 11.3 Å². The summed E-state index contributed by atoms with van der Waals surface area (Å²) in [7, 11) is 0. The summed E-state index contributed by atoms with van der Waals surface area (Å²) in [6, 6.07) is 15.0. The van der Waals surface area contributed by atoms with E-state index in [4.69, 9.17) is 19.2 Å². The number of rotatable bonds is 8. The van der Waals surface area contributed by atoms with Gasteiger partial charge in [-0.15, -0.1) is 10.2 Å². The summed E-state index contributed by atoms with van der Waals surface area (Å²) in [6.07, 6.45) is 2.10. The molecule has 6 heterocycles. The first-order valence-corrected chi connectivity index (χ1v) is 17.4. The summed E-state index contributed by atoms with van der Waals surface area (Å²) < 4.78 is 17.1. The molecule has 1 aromatic carbocycles. The quantitative estimate of drug-likeness (QED) is 0.231. The number of benzene rings is 1. The highest BCUT2D eigenvalue weighted by atomic mass is 32.1. The molecule has 4 aromatic rings. The number of hydrogen-bond donors (Lipinski definition) is 1. The number of fused-ring (bicyclic) bond motifs is 2. The Kier molecular flexibility index (Phi) is 9.23. The number of ether oxygens (including phenoxy) is 3. The fourth-order valence-corrected chi connectivity index (χ4v) is 7.29. The summed E-state index contributed by atoms with van der Waals surface area (Å²) in [5.41, 5.74) is 3.34. The van der Waals surface area contributed by atoms with Crippen LogP contribution in [0.15, 0.2) is 48.5 Å². The van der Waals surface area contributed by atoms with Crippen LogP contribution < -0.4 is 10.1 Å². The molecule has 2 amide bonds. The Labute approximate surface area is 288 Å². The Morgan fingerprint density at radius 2 is 1.55 bits per heavy atom. The average Bonchev–Trinajstić information content (AvgIpc) is 3.59. The van der Waals surface area contributed by atoms with E-state index >= 15 is 0 Å². The molecule has 2 saturated heterocycles. The zero-order chi connectivity index (χ0) is 34.1. The van der Waals surface area contributed by atoms with Gasteiger partial charge in [-0.2, -0.15) is 0 Å². The monoisotopic (exact) mass is 682 g/mol. The SMILES string of the molecule is Cc1ccc2c(n1)Oc1nc(-c3ccc(C(=O)N4CCOCC4)cc3)ccc1[C@H]2C(C)(C)C(=O)Nc1nnc(C(=O)CC2CCOCC2)s1. The summed E-state index contributed by atoms with van der Waals surface area (Å²) in [4.78, 5) is 51.2. The topological polar surface area (TPSA) is 146 Å². The highest BCUT2D eigenvalue weighted by Crippen LogP contribution is 2.51. The smallest absolute Gasteiger partial charge is 0.254 e. The number of aromatic nitrogens is 4. The maximum absolute atomic E-state index is 14.0. The molecule has 0 spiro atoms. The van der Waals surface area contributed by atoms with Gasteiger partial charge in [0.15, 0.2) is 10.8 Å². The number of nitrogens with one attached hydrogen (secondary N) is 1. The number of ketones is 1. The van der Waals surface area contributed by atoms with Gasteiger partial charge in [-0.25, -0.2) is 9.97 Å². The third kappa shape index (κ3) is 6.83. The lowest BCUT2D eigenvalue weighted by Gasteiger charge is -2.37. The van der Waals surface area contributed by atoms with Crippen molar-refractivity contribution in [2.24, 2.45) is 11.3 Å². The lowest BCUT2D eigenvalue weighted by atomic mass is 9.70. The molecule has 0 radical (unpaired) electrons. The van der Waals surface area contributed by atoms with Crippen LogP contribution in [0.25, 0.3) is 11.3 Å². The molecule has 0 bridgehead atoms. The third-order valence-corrected chi connectivity index (χ3v) is 10.3. The summed E-state index contributed by atoms with van der Waals surface area (Å²) in [5, 5.41) is 11.7. The minimum absolute atomic E-state index is 0.0238. The Hall–Kier alpha value is -4.59. The Bertz CT molecular complexity index is 1880. The number of carbonyl (C=O) groups is 3. The summed E-state index contributed by atoms with van der Waals surface area (Å²) in [6.45, 7) is 9.18. The van der Waals surface area contributed by atoms with Crippen molar-refractivity contribution in [3.8, 4) is 23.0 Å². The second kappa shape index (κ2) is 13.7. The van der Waals surface area contributed by atoms with E-state index in [1.54, 1.807) is 4.90 Å². The zero-order valence-corrected chi connectivity index (χ0v) is 28.5. The van der Waals surface area contributed by atoms with Gasteiger partial charge in [0.25, 0.3) is 5.91 Å². The van der Waals surface area contributed by atoms with Gasteiger partial charge in [0.1, 0.15) is 0 Å². The Balaban J connectivity index is 1.13. The minimum atomic E-state index is -1.02. The van der Waals surface area contributed by atoms with E-state index < -0.39 is 11.3 Å². The van der Waals surface area contributed by atoms with Gasteiger partial charge in [0.05, 0.1) is 24.3 Å². The van der Waals surface area contributed by atoms with Crippen LogP contribution in [-0.2, 0) is 14.3 Å². The minimum Gasteiger partial charge on any atom is -0.420 e. The van der Waals surface area contributed by atoms with E-state index in [-0.39, 0.29) is 33.7 Å². The van der Waals surface area contributed by atoms with Crippen molar-refractivity contribution in [1.82, 2.24) is 25.1 Å². The summed E-state index contributed by atoms with van der Waals surface area (Å²) in [5.74, 6) is 0.178. The highest BCUT2D eigenvalue weighted by molar-refractivity contribution is 7.17. The van der Waals surface area contributed by atoms with E-state index in [0.717, 1.165) is 46.6 Å². The van der Waals surface area contributed by atoms with Crippen LogP contribution in [-0.4, -0.2) is 82.2 Å². The van der Waals surface area contributed by atoms with E-state index in [1.807, 2.05) is 69.3 Å². The predicted octanol–water partition coefficient (Wildman–Crippen LogP) is 5.68. The largest absolute Gasteiger partial charge is 0.420 e. The fourth-order valence-electron chi connectivity index (χ4n) is 6.60. The maximum Gasteiger partial charge on any atom is 0.254 e.